The molecule has 1 N–H and O–H groups in total. The molecule has 0 amide bonds. The van der Waals surface area contributed by atoms with Crippen molar-refractivity contribution < 1.29 is 19.1 Å². The number of ether oxygens (including phenoxy) is 2. The Morgan fingerprint density at radius 3 is 3.00 bits per heavy atom. The average molecular weight is 201 g/mol. The van der Waals surface area contributed by atoms with Gasteiger partial charge in [0.2, 0.25) is 0 Å². The van der Waals surface area contributed by atoms with E-state index < -0.39 is 5.54 Å². The number of nitrogens with one attached hydrogen (secondary N) is 1. The maximum atomic E-state index is 10.8. The summed E-state index contributed by atoms with van der Waals surface area (Å²) in [6.45, 7) is 1.41. The van der Waals surface area contributed by atoms with E-state index in [1.54, 1.807) is 0 Å². The minimum Gasteiger partial charge on any atom is -0.469 e. The third-order valence-electron chi connectivity index (χ3n) is 2.31. The van der Waals surface area contributed by atoms with Gasteiger partial charge in [-0.05, 0) is 6.42 Å². The van der Waals surface area contributed by atoms with Crippen LogP contribution in [0.25, 0.3) is 0 Å². The van der Waals surface area contributed by atoms with E-state index in [1.807, 2.05) is 0 Å². The molecular weight excluding hydrogens is 186 g/mol. The summed E-state index contributed by atoms with van der Waals surface area (Å²) < 4.78 is 9.61. The summed E-state index contributed by atoms with van der Waals surface area (Å²) in [4.78, 5) is 21.6. The van der Waals surface area contributed by atoms with E-state index >= 15 is 0 Å². The molecule has 1 rings (SSSR count). The number of hydrogen-bond acceptors (Lipinski definition) is 5. The van der Waals surface area contributed by atoms with Gasteiger partial charge in [0.25, 0.3) is 0 Å². The Morgan fingerprint density at radius 1 is 1.71 bits per heavy atom. The van der Waals surface area contributed by atoms with Crippen molar-refractivity contribution in [2.24, 2.45) is 0 Å². The van der Waals surface area contributed by atoms with E-state index in [-0.39, 0.29) is 12.4 Å². The van der Waals surface area contributed by atoms with Crippen molar-refractivity contribution in [3.8, 4) is 0 Å². The van der Waals surface area contributed by atoms with Gasteiger partial charge in [-0.2, -0.15) is 0 Å². The molecule has 0 aromatic rings. The average Bonchev–Trinajstić information content (AvgIpc) is 2.67. The van der Waals surface area contributed by atoms with Crippen molar-refractivity contribution >= 4 is 12.3 Å². The molecule has 1 atom stereocenters. The van der Waals surface area contributed by atoms with Crippen LogP contribution in [0, 0.1) is 0 Å². The second-order valence-electron chi connectivity index (χ2n) is 3.33. The van der Waals surface area contributed by atoms with Crippen LogP contribution in [0.15, 0.2) is 0 Å². The number of methoxy groups -OCH3 is 1. The third-order valence-corrected chi connectivity index (χ3v) is 2.31. The van der Waals surface area contributed by atoms with E-state index in [9.17, 15) is 9.59 Å². The minimum atomic E-state index is -0.589. The monoisotopic (exact) mass is 201 g/mol. The number of hydrogen-bond donors (Lipinski definition) is 1. The van der Waals surface area contributed by atoms with Gasteiger partial charge in [-0.15, -0.1) is 0 Å². The smallest absolute Gasteiger partial charge is 0.306 e. The van der Waals surface area contributed by atoms with Crippen molar-refractivity contribution in [1.29, 1.82) is 0 Å². The van der Waals surface area contributed by atoms with Crippen molar-refractivity contribution in [1.82, 2.24) is 5.32 Å². The first kappa shape index (κ1) is 11.1. The molecule has 0 aromatic heterocycles. The zero-order chi connectivity index (χ0) is 10.4. The zero-order valence-corrected chi connectivity index (χ0v) is 8.25. The van der Waals surface area contributed by atoms with Gasteiger partial charge in [-0.3, -0.25) is 4.79 Å². The Kier molecular flexibility index (Phi) is 4.03. The van der Waals surface area contributed by atoms with Crippen LogP contribution in [-0.2, 0) is 19.1 Å². The summed E-state index contributed by atoms with van der Waals surface area (Å²) in [5.74, 6) is -0.280. The fraction of sp³-hybridized carbons (Fsp3) is 0.778. The number of carbonyl (C=O) groups is 2. The Bertz CT molecular complexity index is 211. The maximum Gasteiger partial charge on any atom is 0.306 e. The van der Waals surface area contributed by atoms with Crippen LogP contribution in [0.1, 0.15) is 12.8 Å². The quantitative estimate of drug-likeness (QED) is 0.479. The first-order valence-corrected chi connectivity index (χ1v) is 4.58. The van der Waals surface area contributed by atoms with Crippen LogP contribution in [0.3, 0.4) is 0 Å². The fourth-order valence-electron chi connectivity index (χ4n) is 1.37. The largest absolute Gasteiger partial charge is 0.469 e. The van der Waals surface area contributed by atoms with Crippen LogP contribution in [0.4, 0.5) is 0 Å². The normalized spacial score (nSPS) is 26.1. The molecule has 5 nitrogen and oxygen atoms in total. The van der Waals surface area contributed by atoms with Crippen LogP contribution in [-0.4, -0.2) is 44.7 Å². The Morgan fingerprint density at radius 2 is 2.50 bits per heavy atom. The fourth-order valence-corrected chi connectivity index (χ4v) is 1.37. The van der Waals surface area contributed by atoms with E-state index in [0.29, 0.717) is 26.2 Å². The SMILES string of the molecule is COC(=O)CCNC1(C=O)CCOC1. The number of carbonyl (C=O) groups excluding carboxylic acids is 2. The van der Waals surface area contributed by atoms with Gasteiger partial charge in [-0.1, -0.05) is 0 Å². The van der Waals surface area contributed by atoms with Gasteiger partial charge in [0.1, 0.15) is 11.8 Å². The molecule has 0 saturated carbocycles. The van der Waals surface area contributed by atoms with Crippen molar-refractivity contribution in [3.63, 3.8) is 0 Å². The molecule has 0 aliphatic carbocycles. The van der Waals surface area contributed by atoms with Crippen molar-refractivity contribution in [3.05, 3.63) is 0 Å². The second kappa shape index (κ2) is 5.07. The molecule has 80 valence electrons. The number of esters is 1. The Balaban J connectivity index is 2.28. The lowest BCUT2D eigenvalue weighted by Crippen LogP contribution is -2.48. The summed E-state index contributed by atoms with van der Waals surface area (Å²) in [6.07, 6.45) is 1.79. The van der Waals surface area contributed by atoms with Crippen LogP contribution in [0.2, 0.25) is 0 Å². The predicted octanol–water partition coefficient (Wildman–Crippen LogP) is -0.503. The topological polar surface area (TPSA) is 64.6 Å². The highest BCUT2D eigenvalue weighted by Crippen LogP contribution is 2.15. The molecule has 1 aliphatic rings. The molecule has 0 bridgehead atoms. The molecule has 1 saturated heterocycles. The molecule has 14 heavy (non-hydrogen) atoms. The number of aldehydes is 1. The molecule has 1 aliphatic heterocycles. The lowest BCUT2D eigenvalue weighted by Gasteiger charge is -2.21. The second-order valence-corrected chi connectivity index (χ2v) is 3.33. The summed E-state index contributed by atoms with van der Waals surface area (Å²) in [7, 11) is 1.34. The van der Waals surface area contributed by atoms with Crippen LogP contribution in [0.5, 0.6) is 0 Å². The van der Waals surface area contributed by atoms with Crippen molar-refractivity contribution in [2.75, 3.05) is 26.9 Å². The lowest BCUT2D eigenvalue weighted by molar-refractivity contribution is -0.140. The van der Waals surface area contributed by atoms with E-state index in [2.05, 4.69) is 10.1 Å². The van der Waals surface area contributed by atoms with Crippen LogP contribution >= 0.6 is 0 Å². The molecule has 1 fully saturated rings. The molecule has 0 spiro atoms. The maximum absolute atomic E-state index is 10.8. The highest BCUT2D eigenvalue weighted by Gasteiger charge is 2.33. The van der Waals surface area contributed by atoms with Crippen LogP contribution < -0.4 is 5.32 Å². The predicted molar refractivity (Wildman–Crippen MR) is 48.9 cm³/mol. The summed E-state index contributed by atoms with van der Waals surface area (Å²) in [6, 6.07) is 0. The molecule has 1 unspecified atom stereocenters. The molecular formula is C9H15NO4. The first-order valence-electron chi connectivity index (χ1n) is 4.58. The van der Waals surface area contributed by atoms with E-state index in [0.717, 1.165) is 6.29 Å². The van der Waals surface area contributed by atoms with E-state index in [4.69, 9.17) is 4.74 Å². The summed E-state index contributed by atoms with van der Waals surface area (Å²) >= 11 is 0. The van der Waals surface area contributed by atoms with Gasteiger partial charge < -0.3 is 19.6 Å². The Labute approximate surface area is 82.8 Å². The minimum absolute atomic E-state index is 0.270. The van der Waals surface area contributed by atoms with Gasteiger partial charge in [0.05, 0.1) is 20.1 Å². The van der Waals surface area contributed by atoms with E-state index in [1.165, 1.54) is 7.11 Å². The van der Waals surface area contributed by atoms with Gasteiger partial charge >= 0.3 is 5.97 Å². The highest BCUT2D eigenvalue weighted by atomic mass is 16.5. The lowest BCUT2D eigenvalue weighted by atomic mass is 10.0. The molecule has 0 radical (unpaired) electrons. The highest BCUT2D eigenvalue weighted by molar-refractivity contribution is 5.69. The molecule has 0 aromatic carbocycles. The molecule has 1 heterocycles. The third kappa shape index (κ3) is 2.78. The van der Waals surface area contributed by atoms with Gasteiger partial charge in [0.15, 0.2) is 0 Å². The van der Waals surface area contributed by atoms with Gasteiger partial charge in [0, 0.05) is 13.2 Å². The standard InChI is InChI=1S/C9H15NO4/c1-13-8(12)2-4-10-9(6-11)3-5-14-7-9/h6,10H,2-5,7H2,1H3. The van der Waals surface area contributed by atoms with Crippen molar-refractivity contribution in [2.45, 2.75) is 18.4 Å². The summed E-state index contributed by atoms with van der Waals surface area (Å²) in [5, 5.41) is 3.02. The first-order chi connectivity index (χ1) is 6.72. The van der Waals surface area contributed by atoms with Gasteiger partial charge in [-0.25, -0.2) is 0 Å². The molecule has 5 heteroatoms. The zero-order valence-electron chi connectivity index (χ0n) is 8.25. The number of rotatable bonds is 5. The Hall–Kier alpha value is -0.940. The summed E-state index contributed by atoms with van der Waals surface area (Å²) in [5.41, 5.74) is -0.589.